The molecule has 0 aliphatic rings. The minimum absolute atomic E-state index is 0.821. The highest BCUT2D eigenvalue weighted by atomic mass is 16.5. The maximum Gasteiger partial charge on any atom is 0.0666 e. The number of pyridine rings is 1. The van der Waals surface area contributed by atoms with Crippen LogP contribution in [0.4, 0.5) is 0 Å². The van der Waals surface area contributed by atoms with Crippen LogP contribution in [0.1, 0.15) is 12.0 Å². The molecule has 0 radical (unpaired) electrons. The first kappa shape index (κ1) is 10.2. The Morgan fingerprint density at radius 2 is 2.33 bits per heavy atom. The van der Waals surface area contributed by atoms with Crippen molar-refractivity contribution < 1.29 is 4.74 Å². The molecule has 0 amide bonds. The molecule has 15 heavy (non-hydrogen) atoms. The van der Waals surface area contributed by atoms with Gasteiger partial charge in [0.25, 0.3) is 0 Å². The Kier molecular flexibility index (Phi) is 3.02. The molecule has 0 aliphatic heterocycles. The SMILES string of the molecule is COCCCc1cn(C)c2cnccc12. The molecule has 0 saturated carbocycles. The third-order valence-electron chi connectivity index (χ3n) is 2.67. The Morgan fingerprint density at radius 3 is 3.13 bits per heavy atom. The molecular formula is C12H16N2O. The van der Waals surface area contributed by atoms with E-state index in [0.717, 1.165) is 19.4 Å². The molecular weight excluding hydrogens is 188 g/mol. The number of rotatable bonds is 4. The van der Waals surface area contributed by atoms with Crippen molar-refractivity contribution in [2.24, 2.45) is 7.05 Å². The molecule has 2 aromatic heterocycles. The van der Waals surface area contributed by atoms with Crippen molar-refractivity contribution in [3.05, 3.63) is 30.2 Å². The Balaban J connectivity index is 2.27. The summed E-state index contributed by atoms with van der Waals surface area (Å²) in [7, 11) is 3.80. The van der Waals surface area contributed by atoms with Crippen LogP contribution in [0, 0.1) is 0 Å². The van der Waals surface area contributed by atoms with Crippen LogP contribution in [0.2, 0.25) is 0 Å². The first-order chi connectivity index (χ1) is 7.33. The van der Waals surface area contributed by atoms with Crippen LogP contribution >= 0.6 is 0 Å². The molecule has 0 aliphatic carbocycles. The van der Waals surface area contributed by atoms with E-state index in [1.165, 1.54) is 16.5 Å². The molecule has 0 bridgehead atoms. The van der Waals surface area contributed by atoms with E-state index < -0.39 is 0 Å². The van der Waals surface area contributed by atoms with Gasteiger partial charge in [0.2, 0.25) is 0 Å². The smallest absolute Gasteiger partial charge is 0.0666 e. The maximum absolute atomic E-state index is 5.06. The lowest BCUT2D eigenvalue weighted by Gasteiger charge is -1.98. The number of ether oxygens (including phenoxy) is 1. The second-order valence-electron chi connectivity index (χ2n) is 3.75. The van der Waals surface area contributed by atoms with Crippen LogP contribution in [-0.4, -0.2) is 23.3 Å². The fourth-order valence-corrected chi connectivity index (χ4v) is 1.92. The minimum atomic E-state index is 0.821. The molecule has 2 aromatic rings. The molecule has 0 atom stereocenters. The number of aryl methyl sites for hydroxylation is 2. The van der Waals surface area contributed by atoms with Crippen molar-refractivity contribution in [3.63, 3.8) is 0 Å². The zero-order valence-electron chi connectivity index (χ0n) is 9.23. The number of hydrogen-bond acceptors (Lipinski definition) is 2. The van der Waals surface area contributed by atoms with E-state index in [-0.39, 0.29) is 0 Å². The Morgan fingerprint density at radius 1 is 1.47 bits per heavy atom. The Bertz CT molecular complexity index is 448. The molecule has 2 heterocycles. The zero-order valence-corrected chi connectivity index (χ0v) is 9.23. The van der Waals surface area contributed by atoms with Crippen LogP contribution in [0.3, 0.4) is 0 Å². The van der Waals surface area contributed by atoms with Gasteiger partial charge in [-0.15, -0.1) is 0 Å². The summed E-state index contributed by atoms with van der Waals surface area (Å²) in [6.07, 6.45) is 8.08. The summed E-state index contributed by atoms with van der Waals surface area (Å²) in [4.78, 5) is 4.14. The third kappa shape index (κ3) is 2.02. The summed E-state index contributed by atoms with van der Waals surface area (Å²) in [6.45, 7) is 0.821. The highest BCUT2D eigenvalue weighted by Gasteiger charge is 2.05. The standard InChI is InChI=1S/C12H16N2O/c1-14-9-10(4-3-7-15-2)11-5-6-13-8-12(11)14/h5-6,8-9H,3-4,7H2,1-2H3. The van der Waals surface area contributed by atoms with Gasteiger partial charge < -0.3 is 9.30 Å². The molecule has 0 spiro atoms. The number of aromatic nitrogens is 2. The lowest BCUT2D eigenvalue weighted by molar-refractivity contribution is 0.195. The van der Waals surface area contributed by atoms with E-state index in [9.17, 15) is 0 Å². The van der Waals surface area contributed by atoms with E-state index >= 15 is 0 Å². The van der Waals surface area contributed by atoms with Gasteiger partial charge in [-0.05, 0) is 24.5 Å². The van der Waals surface area contributed by atoms with Gasteiger partial charge in [0, 0.05) is 38.5 Å². The quantitative estimate of drug-likeness (QED) is 0.713. The van der Waals surface area contributed by atoms with Gasteiger partial charge >= 0.3 is 0 Å². The zero-order chi connectivity index (χ0) is 10.7. The topological polar surface area (TPSA) is 27.1 Å². The van der Waals surface area contributed by atoms with Crippen LogP contribution < -0.4 is 0 Å². The predicted octanol–water partition coefficient (Wildman–Crippen LogP) is 2.15. The molecule has 0 fully saturated rings. The largest absolute Gasteiger partial charge is 0.385 e. The minimum Gasteiger partial charge on any atom is -0.385 e. The second kappa shape index (κ2) is 4.45. The number of hydrogen-bond donors (Lipinski definition) is 0. The highest BCUT2D eigenvalue weighted by Crippen LogP contribution is 2.20. The monoisotopic (exact) mass is 204 g/mol. The molecule has 3 heteroatoms. The predicted molar refractivity (Wildman–Crippen MR) is 60.9 cm³/mol. The van der Waals surface area contributed by atoms with Gasteiger partial charge in [0.1, 0.15) is 0 Å². The van der Waals surface area contributed by atoms with E-state index in [4.69, 9.17) is 4.74 Å². The molecule has 3 nitrogen and oxygen atoms in total. The molecule has 80 valence electrons. The van der Waals surface area contributed by atoms with Crippen molar-refractivity contribution in [1.82, 2.24) is 9.55 Å². The van der Waals surface area contributed by atoms with Crippen molar-refractivity contribution >= 4 is 10.9 Å². The summed E-state index contributed by atoms with van der Waals surface area (Å²) in [5.41, 5.74) is 2.58. The highest BCUT2D eigenvalue weighted by molar-refractivity contribution is 5.82. The fourth-order valence-electron chi connectivity index (χ4n) is 1.92. The number of methoxy groups -OCH3 is 1. The average Bonchev–Trinajstić information content (AvgIpc) is 2.58. The van der Waals surface area contributed by atoms with E-state index in [2.05, 4.69) is 28.9 Å². The van der Waals surface area contributed by atoms with E-state index in [0.29, 0.717) is 0 Å². The fraction of sp³-hybridized carbons (Fsp3) is 0.417. The summed E-state index contributed by atoms with van der Waals surface area (Å²) in [6, 6.07) is 2.08. The van der Waals surface area contributed by atoms with Crippen LogP contribution in [0.15, 0.2) is 24.7 Å². The lowest BCUT2D eigenvalue weighted by atomic mass is 10.1. The van der Waals surface area contributed by atoms with Gasteiger partial charge in [-0.25, -0.2) is 0 Å². The lowest BCUT2D eigenvalue weighted by Crippen LogP contribution is -1.91. The number of nitrogens with zero attached hydrogens (tertiary/aromatic N) is 2. The van der Waals surface area contributed by atoms with Crippen LogP contribution in [0.5, 0.6) is 0 Å². The van der Waals surface area contributed by atoms with E-state index in [1.54, 1.807) is 7.11 Å². The van der Waals surface area contributed by atoms with Crippen molar-refractivity contribution in [2.45, 2.75) is 12.8 Å². The second-order valence-corrected chi connectivity index (χ2v) is 3.75. The van der Waals surface area contributed by atoms with Gasteiger partial charge in [-0.2, -0.15) is 0 Å². The Labute approximate surface area is 89.7 Å². The summed E-state index contributed by atoms with van der Waals surface area (Å²) >= 11 is 0. The van der Waals surface area contributed by atoms with Crippen molar-refractivity contribution in [3.8, 4) is 0 Å². The van der Waals surface area contributed by atoms with Crippen molar-refractivity contribution in [1.29, 1.82) is 0 Å². The maximum atomic E-state index is 5.06. The first-order valence-corrected chi connectivity index (χ1v) is 5.20. The van der Waals surface area contributed by atoms with Crippen molar-refractivity contribution in [2.75, 3.05) is 13.7 Å². The van der Waals surface area contributed by atoms with Gasteiger partial charge in [-0.1, -0.05) is 0 Å². The molecule has 0 unspecified atom stereocenters. The normalized spacial score (nSPS) is 11.1. The summed E-state index contributed by atoms with van der Waals surface area (Å²) < 4.78 is 7.19. The molecule has 0 N–H and O–H groups in total. The Hall–Kier alpha value is -1.35. The average molecular weight is 204 g/mol. The third-order valence-corrected chi connectivity index (χ3v) is 2.67. The van der Waals surface area contributed by atoms with Gasteiger partial charge in [-0.3, -0.25) is 4.98 Å². The van der Waals surface area contributed by atoms with Crippen LogP contribution in [-0.2, 0) is 18.2 Å². The first-order valence-electron chi connectivity index (χ1n) is 5.20. The number of fused-ring (bicyclic) bond motifs is 1. The molecule has 0 saturated heterocycles. The molecule has 2 rings (SSSR count). The summed E-state index contributed by atoms with van der Waals surface area (Å²) in [5, 5.41) is 1.31. The van der Waals surface area contributed by atoms with Gasteiger partial charge in [0.15, 0.2) is 0 Å². The van der Waals surface area contributed by atoms with E-state index in [1.807, 2.05) is 12.4 Å². The summed E-state index contributed by atoms with van der Waals surface area (Å²) in [5.74, 6) is 0. The van der Waals surface area contributed by atoms with Gasteiger partial charge in [0.05, 0.1) is 11.7 Å². The van der Waals surface area contributed by atoms with Crippen LogP contribution in [0.25, 0.3) is 10.9 Å². The molecule has 0 aromatic carbocycles.